The van der Waals surface area contributed by atoms with Crippen LogP contribution in [0.3, 0.4) is 0 Å². The molecular formula is C31H35ClFN5O3. The van der Waals surface area contributed by atoms with Crippen LogP contribution in [0, 0.1) is 11.8 Å². The van der Waals surface area contributed by atoms with Gasteiger partial charge in [-0.25, -0.2) is 9.37 Å². The molecular weight excluding hydrogens is 545 g/mol. The van der Waals surface area contributed by atoms with Gasteiger partial charge in [-0.15, -0.1) is 4.73 Å². The van der Waals surface area contributed by atoms with E-state index < -0.39 is 0 Å². The fourth-order valence-corrected chi connectivity index (χ4v) is 6.19. The Hall–Kier alpha value is -3.43. The highest BCUT2D eigenvalue weighted by Crippen LogP contribution is 2.34. The second-order valence-corrected chi connectivity index (χ2v) is 11.6. The van der Waals surface area contributed by atoms with Gasteiger partial charge >= 0.3 is 0 Å². The lowest BCUT2D eigenvalue weighted by Gasteiger charge is -2.28. The predicted molar refractivity (Wildman–Crippen MR) is 160 cm³/mol. The molecule has 1 saturated heterocycles. The van der Waals surface area contributed by atoms with E-state index in [1.54, 1.807) is 12.3 Å². The van der Waals surface area contributed by atoms with E-state index in [0.717, 1.165) is 50.5 Å². The summed E-state index contributed by atoms with van der Waals surface area (Å²) in [5.74, 6) is 0.480. The van der Waals surface area contributed by atoms with Gasteiger partial charge in [0, 0.05) is 65.1 Å². The number of allylic oxidation sites excluding steroid dienone is 4. The van der Waals surface area contributed by atoms with Crippen molar-refractivity contribution >= 4 is 40.0 Å². The molecule has 3 aliphatic rings. The van der Waals surface area contributed by atoms with E-state index >= 15 is 0 Å². The standard InChI is InChI=1S/C31H35ClFN5O3/c1-20-14-27(32)26(28(33)15-20)17-22-16-23-18-34-31(35-24-6-8-25(9-7-24)37-10-12-40-13-11-37)36-29(23)38(30(22)39)41-19-21-4-2-3-5-21/h6-9,14,16,18,20-21H,2-5,10-13,15,17,19H2,1H3,(H,34,35,36). The topological polar surface area (TPSA) is 81.5 Å². The molecule has 1 aliphatic heterocycles. The van der Waals surface area contributed by atoms with Crippen molar-refractivity contribution in [1.82, 2.24) is 14.7 Å². The van der Waals surface area contributed by atoms with Crippen LogP contribution in [-0.2, 0) is 11.2 Å². The number of rotatable bonds is 8. The Morgan fingerprint density at radius 1 is 1.17 bits per heavy atom. The molecule has 0 radical (unpaired) electrons. The number of anilines is 3. The minimum absolute atomic E-state index is 0.0177. The summed E-state index contributed by atoms with van der Waals surface area (Å²) in [5.41, 5.74) is 2.70. The van der Waals surface area contributed by atoms with Crippen molar-refractivity contribution in [2.45, 2.75) is 45.4 Å². The van der Waals surface area contributed by atoms with Crippen molar-refractivity contribution < 1.29 is 14.0 Å². The summed E-state index contributed by atoms with van der Waals surface area (Å²) < 4.78 is 21.6. The van der Waals surface area contributed by atoms with Crippen molar-refractivity contribution in [2.24, 2.45) is 11.8 Å². The summed E-state index contributed by atoms with van der Waals surface area (Å²) >= 11 is 6.41. The van der Waals surface area contributed by atoms with Crippen LogP contribution in [0.5, 0.6) is 0 Å². The lowest BCUT2D eigenvalue weighted by Crippen LogP contribution is -2.36. The Bertz CT molecular complexity index is 1530. The second kappa shape index (κ2) is 12.2. The normalized spacial score (nSPS) is 20.0. The summed E-state index contributed by atoms with van der Waals surface area (Å²) in [6.07, 6.45) is 8.33. The summed E-state index contributed by atoms with van der Waals surface area (Å²) in [6, 6.07) is 9.80. The minimum Gasteiger partial charge on any atom is -0.408 e. The first-order chi connectivity index (χ1) is 19.9. The van der Waals surface area contributed by atoms with Crippen molar-refractivity contribution in [3.05, 3.63) is 75.0 Å². The average molecular weight is 580 g/mol. The Balaban J connectivity index is 1.30. The van der Waals surface area contributed by atoms with E-state index in [1.165, 1.54) is 17.6 Å². The molecule has 2 aromatic heterocycles. The zero-order valence-corrected chi connectivity index (χ0v) is 24.0. The molecule has 8 nitrogen and oxygen atoms in total. The molecule has 6 rings (SSSR count). The smallest absolute Gasteiger partial charge is 0.288 e. The first-order valence-electron chi connectivity index (χ1n) is 14.4. The molecule has 0 spiro atoms. The number of morpholine rings is 1. The molecule has 3 aromatic rings. The SMILES string of the molecule is CC1C=C(Cl)C(Cc2cc3cnc(Nc4ccc(N5CCOCC5)cc4)nc3n(OCC3CCCC3)c2=O)=C(F)C1. The third kappa shape index (κ3) is 6.26. The number of nitrogens with zero attached hydrogens (tertiary/aromatic N) is 4. The van der Waals surface area contributed by atoms with Crippen LogP contribution in [-0.4, -0.2) is 47.6 Å². The molecule has 3 heterocycles. The number of pyridine rings is 1. The van der Waals surface area contributed by atoms with Gasteiger partial charge in [0.05, 0.1) is 13.2 Å². The first-order valence-corrected chi connectivity index (χ1v) is 14.8. The minimum atomic E-state index is -0.363. The van der Waals surface area contributed by atoms with E-state index in [1.807, 2.05) is 25.1 Å². The van der Waals surface area contributed by atoms with E-state index in [9.17, 15) is 9.18 Å². The van der Waals surface area contributed by atoms with Gasteiger partial charge in [0.25, 0.3) is 5.56 Å². The fourth-order valence-electron chi connectivity index (χ4n) is 5.81. The maximum atomic E-state index is 14.9. The fraction of sp³-hybridized carbons (Fsp3) is 0.452. The lowest BCUT2D eigenvalue weighted by molar-refractivity contribution is 0.0817. The van der Waals surface area contributed by atoms with Crippen LogP contribution in [0.15, 0.2) is 63.8 Å². The third-order valence-electron chi connectivity index (χ3n) is 8.11. The zero-order valence-electron chi connectivity index (χ0n) is 23.2. The van der Waals surface area contributed by atoms with Crippen LogP contribution in [0.1, 0.15) is 44.6 Å². The highest BCUT2D eigenvalue weighted by molar-refractivity contribution is 6.32. The number of ether oxygens (including phenoxy) is 1. The Morgan fingerprint density at radius 3 is 2.66 bits per heavy atom. The lowest BCUT2D eigenvalue weighted by atomic mass is 9.93. The Labute approximate surface area is 243 Å². The quantitative estimate of drug-likeness (QED) is 0.355. The van der Waals surface area contributed by atoms with Crippen LogP contribution >= 0.6 is 11.6 Å². The van der Waals surface area contributed by atoms with E-state index in [2.05, 4.69) is 32.3 Å². The Morgan fingerprint density at radius 2 is 1.93 bits per heavy atom. The van der Waals surface area contributed by atoms with Gasteiger partial charge in [-0.05, 0) is 55.0 Å². The second-order valence-electron chi connectivity index (χ2n) is 11.2. The van der Waals surface area contributed by atoms with Crippen LogP contribution in [0.25, 0.3) is 11.0 Å². The molecule has 1 aromatic carbocycles. The van der Waals surface area contributed by atoms with E-state index in [-0.39, 0.29) is 30.1 Å². The maximum Gasteiger partial charge on any atom is 0.288 e. The summed E-state index contributed by atoms with van der Waals surface area (Å²) in [4.78, 5) is 31.3. The molecule has 2 aliphatic carbocycles. The third-order valence-corrected chi connectivity index (χ3v) is 8.46. The van der Waals surface area contributed by atoms with Gasteiger partial charge in [0.2, 0.25) is 5.95 Å². The molecule has 1 unspecified atom stereocenters. The monoisotopic (exact) mass is 579 g/mol. The molecule has 1 saturated carbocycles. The number of hydrogen-bond acceptors (Lipinski definition) is 7. The molecule has 0 amide bonds. The summed E-state index contributed by atoms with van der Waals surface area (Å²) in [7, 11) is 0. The zero-order chi connectivity index (χ0) is 28.3. The number of hydrogen-bond donors (Lipinski definition) is 1. The van der Waals surface area contributed by atoms with Crippen LogP contribution < -0.4 is 20.6 Å². The average Bonchev–Trinajstić information content (AvgIpc) is 3.49. The Kier molecular flexibility index (Phi) is 8.25. The van der Waals surface area contributed by atoms with Crippen molar-refractivity contribution in [3.8, 4) is 0 Å². The van der Waals surface area contributed by atoms with Gasteiger partial charge in [0.15, 0.2) is 5.65 Å². The maximum absolute atomic E-state index is 14.9. The summed E-state index contributed by atoms with van der Waals surface area (Å²) in [5, 5.41) is 4.23. The van der Waals surface area contributed by atoms with E-state index in [4.69, 9.17) is 21.2 Å². The van der Waals surface area contributed by atoms with Crippen molar-refractivity contribution in [3.63, 3.8) is 0 Å². The highest BCUT2D eigenvalue weighted by Gasteiger charge is 2.23. The summed E-state index contributed by atoms with van der Waals surface area (Å²) in [6.45, 7) is 5.53. The van der Waals surface area contributed by atoms with Crippen molar-refractivity contribution in [2.75, 3.05) is 43.1 Å². The van der Waals surface area contributed by atoms with Gasteiger partial charge in [0.1, 0.15) is 12.4 Å². The van der Waals surface area contributed by atoms with Crippen molar-refractivity contribution in [1.29, 1.82) is 0 Å². The first kappa shape index (κ1) is 27.7. The number of benzene rings is 1. The largest absolute Gasteiger partial charge is 0.408 e. The molecule has 2 fully saturated rings. The molecule has 1 atom stereocenters. The van der Waals surface area contributed by atoms with Gasteiger partial charge < -0.3 is 19.8 Å². The number of nitrogens with one attached hydrogen (secondary N) is 1. The van der Waals surface area contributed by atoms with Crippen LogP contribution in [0.2, 0.25) is 0 Å². The molecule has 216 valence electrons. The molecule has 10 heteroatoms. The van der Waals surface area contributed by atoms with Gasteiger partial charge in [-0.1, -0.05) is 37.4 Å². The van der Waals surface area contributed by atoms with Gasteiger partial charge in [-0.2, -0.15) is 4.98 Å². The molecule has 41 heavy (non-hydrogen) atoms. The number of fused-ring (bicyclic) bond motifs is 1. The van der Waals surface area contributed by atoms with Crippen LogP contribution in [0.4, 0.5) is 21.7 Å². The number of aromatic nitrogens is 3. The number of halogens is 2. The van der Waals surface area contributed by atoms with E-state index in [0.29, 0.717) is 45.7 Å². The highest BCUT2D eigenvalue weighted by atomic mass is 35.5. The van der Waals surface area contributed by atoms with Gasteiger partial charge in [-0.3, -0.25) is 4.79 Å². The molecule has 0 bridgehead atoms. The predicted octanol–water partition coefficient (Wildman–Crippen LogP) is 5.92. The molecule has 1 N–H and O–H groups in total.